The molecule has 2 amide bonds. The Bertz CT molecular complexity index is 2250. The molecule has 0 bridgehead atoms. The van der Waals surface area contributed by atoms with E-state index in [9.17, 15) is 28.0 Å². The van der Waals surface area contributed by atoms with Crippen molar-refractivity contribution in [2.24, 2.45) is 0 Å². The maximum Gasteiger partial charge on any atom is 0.356 e. The van der Waals surface area contributed by atoms with Gasteiger partial charge in [0.25, 0.3) is 23.4 Å². The van der Waals surface area contributed by atoms with Crippen LogP contribution in [0.1, 0.15) is 71.6 Å². The number of esters is 2. The molecule has 0 aliphatic heterocycles. The first-order chi connectivity index (χ1) is 24.0. The molecule has 0 spiro atoms. The maximum atomic E-state index is 13.5. The van der Waals surface area contributed by atoms with Crippen molar-refractivity contribution in [3.05, 3.63) is 118 Å². The van der Waals surface area contributed by atoms with Crippen molar-refractivity contribution >= 4 is 35.3 Å². The normalized spacial score (nSPS) is 10.5. The number of hydrogen-bond acceptors (Lipinski definition) is 12. The maximum absolute atomic E-state index is 13.5. The molecule has 0 radical (unpaired) electrons. The van der Waals surface area contributed by atoms with Crippen LogP contribution < -0.4 is 10.6 Å². The number of aryl methyl sites for hydroxylation is 2. The largest absolute Gasteiger partial charge is 0.464 e. The zero-order valence-electron chi connectivity index (χ0n) is 27.0. The fourth-order valence-electron chi connectivity index (χ4n) is 4.54. The minimum absolute atomic E-state index is 0. The van der Waals surface area contributed by atoms with Gasteiger partial charge in [0, 0.05) is 25.2 Å². The Labute approximate surface area is 288 Å². The van der Waals surface area contributed by atoms with E-state index in [4.69, 9.17) is 0 Å². The van der Waals surface area contributed by atoms with Crippen molar-refractivity contribution < 1.29 is 37.4 Å². The predicted molar refractivity (Wildman–Crippen MR) is 176 cm³/mol. The Morgan fingerprint density at radius 3 is 1.65 bits per heavy atom. The van der Waals surface area contributed by atoms with E-state index in [1.165, 1.54) is 60.2 Å². The lowest BCUT2D eigenvalue weighted by Crippen LogP contribution is -2.28. The molecular formula is C33H32F2N10O6. The molecular weight excluding hydrogens is 670 g/mol. The van der Waals surface area contributed by atoms with E-state index < -0.39 is 23.8 Å². The molecule has 4 heterocycles. The SMILES string of the molecule is C.COC(=O)c1cc(C(=O)OC)n2ncnc2n1.Cc1cc(CNC(=O)c2cc(C(=O)NCc3ccc(F)c(C)c3)n3ncnc3n2)ccc1F. The van der Waals surface area contributed by atoms with E-state index >= 15 is 0 Å². The van der Waals surface area contributed by atoms with Crippen LogP contribution in [0.5, 0.6) is 0 Å². The standard InChI is InChI=1S/C23H20F2N6O2.C9H8N4O4.CH4/c1-13-7-15(3-5-17(13)24)10-26-21(32)19-9-20(31-23(30-19)28-12-29-31)22(33)27-11-16-4-6-18(25)14(2)8-16;1-16-7(14)5-3-6(8(15)17-2)13-9(12-5)10-4-11-13;/h3-9,12H,10-11H2,1-2H3,(H,26,32)(H,27,33);3-4H,1-2H3;1H4. The lowest BCUT2D eigenvalue weighted by Gasteiger charge is -2.10. The first-order valence-corrected chi connectivity index (χ1v) is 14.6. The molecule has 0 saturated heterocycles. The number of nitrogens with one attached hydrogen (secondary N) is 2. The van der Waals surface area contributed by atoms with Crippen LogP contribution in [0, 0.1) is 25.5 Å². The van der Waals surface area contributed by atoms with E-state index in [1.807, 2.05) is 0 Å². The number of carbonyl (C=O) groups is 4. The second-order valence-electron chi connectivity index (χ2n) is 10.5. The highest BCUT2D eigenvalue weighted by atomic mass is 19.1. The number of aromatic nitrogens is 8. The smallest absolute Gasteiger partial charge is 0.356 e. The highest BCUT2D eigenvalue weighted by molar-refractivity contribution is 5.98. The molecule has 264 valence electrons. The van der Waals surface area contributed by atoms with Crippen LogP contribution in [0.3, 0.4) is 0 Å². The van der Waals surface area contributed by atoms with Crippen LogP contribution >= 0.6 is 0 Å². The van der Waals surface area contributed by atoms with Gasteiger partial charge in [-0.15, -0.1) is 0 Å². The van der Waals surface area contributed by atoms with Crippen molar-refractivity contribution in [2.45, 2.75) is 34.4 Å². The average Bonchev–Trinajstić information content (AvgIpc) is 3.81. The van der Waals surface area contributed by atoms with Gasteiger partial charge < -0.3 is 20.1 Å². The molecule has 0 aliphatic carbocycles. The van der Waals surface area contributed by atoms with Crippen molar-refractivity contribution in [1.29, 1.82) is 0 Å². The molecule has 51 heavy (non-hydrogen) atoms. The van der Waals surface area contributed by atoms with Crippen molar-refractivity contribution in [3.63, 3.8) is 0 Å². The fraction of sp³-hybridized carbons (Fsp3) is 0.212. The number of rotatable bonds is 8. The predicted octanol–water partition coefficient (Wildman–Crippen LogP) is 3.21. The van der Waals surface area contributed by atoms with Crippen LogP contribution in [0.2, 0.25) is 0 Å². The Morgan fingerprint density at radius 1 is 0.667 bits per heavy atom. The molecule has 0 saturated carbocycles. The number of nitrogens with zero attached hydrogens (tertiary/aromatic N) is 8. The third-order valence-corrected chi connectivity index (χ3v) is 7.11. The van der Waals surface area contributed by atoms with Crippen LogP contribution in [0.15, 0.2) is 61.2 Å². The van der Waals surface area contributed by atoms with Crippen molar-refractivity contribution in [3.8, 4) is 0 Å². The molecule has 0 fully saturated rings. The molecule has 16 nitrogen and oxygen atoms in total. The summed E-state index contributed by atoms with van der Waals surface area (Å²) in [4.78, 5) is 64.2. The molecule has 2 N–H and O–H groups in total. The number of carbonyl (C=O) groups excluding carboxylic acids is 4. The summed E-state index contributed by atoms with van der Waals surface area (Å²) < 4.78 is 38.4. The van der Waals surface area contributed by atoms with Gasteiger partial charge in [-0.3, -0.25) is 9.59 Å². The molecule has 4 aromatic heterocycles. The van der Waals surface area contributed by atoms with E-state index in [2.05, 4.69) is 50.2 Å². The zero-order valence-corrected chi connectivity index (χ0v) is 27.0. The van der Waals surface area contributed by atoms with Gasteiger partial charge in [0.15, 0.2) is 11.4 Å². The summed E-state index contributed by atoms with van der Waals surface area (Å²) in [6.45, 7) is 3.59. The van der Waals surface area contributed by atoms with Gasteiger partial charge in [-0.25, -0.2) is 28.3 Å². The molecule has 2 aromatic carbocycles. The van der Waals surface area contributed by atoms with E-state index in [1.54, 1.807) is 38.1 Å². The lowest BCUT2D eigenvalue weighted by molar-refractivity contribution is 0.0587. The summed E-state index contributed by atoms with van der Waals surface area (Å²) in [5.74, 6) is -2.78. The van der Waals surface area contributed by atoms with Crippen molar-refractivity contribution in [1.82, 2.24) is 49.8 Å². The second kappa shape index (κ2) is 16.1. The summed E-state index contributed by atoms with van der Waals surface area (Å²) in [5, 5.41) is 13.2. The Balaban J connectivity index is 0.000000273. The third-order valence-electron chi connectivity index (χ3n) is 7.11. The number of hydrogen-bond donors (Lipinski definition) is 2. The number of benzene rings is 2. The van der Waals surface area contributed by atoms with E-state index in [0.29, 0.717) is 11.1 Å². The number of halogens is 2. The van der Waals surface area contributed by atoms with Crippen LogP contribution in [0.25, 0.3) is 11.6 Å². The molecule has 0 unspecified atom stereocenters. The Kier molecular flexibility index (Phi) is 11.7. The second-order valence-corrected chi connectivity index (χ2v) is 10.5. The van der Waals surface area contributed by atoms with Gasteiger partial charge >= 0.3 is 11.9 Å². The monoisotopic (exact) mass is 702 g/mol. The van der Waals surface area contributed by atoms with Crippen LogP contribution in [-0.4, -0.2) is 77.1 Å². The summed E-state index contributed by atoms with van der Waals surface area (Å²) >= 11 is 0. The van der Waals surface area contributed by atoms with Gasteiger partial charge in [0.1, 0.15) is 35.7 Å². The molecule has 0 atom stereocenters. The zero-order chi connectivity index (χ0) is 35.9. The minimum atomic E-state index is -0.666. The van der Waals surface area contributed by atoms with Gasteiger partial charge in [-0.1, -0.05) is 31.7 Å². The van der Waals surface area contributed by atoms with Gasteiger partial charge in [0.05, 0.1) is 14.2 Å². The molecule has 0 aliphatic rings. The minimum Gasteiger partial charge on any atom is -0.464 e. The molecule has 18 heteroatoms. The highest BCUT2D eigenvalue weighted by Crippen LogP contribution is 2.12. The summed E-state index contributed by atoms with van der Waals surface area (Å²) in [5.41, 5.74) is 2.46. The summed E-state index contributed by atoms with van der Waals surface area (Å²) in [7, 11) is 2.44. The third kappa shape index (κ3) is 8.48. The summed E-state index contributed by atoms with van der Waals surface area (Å²) in [6, 6.07) is 11.7. The molecule has 6 rings (SSSR count). The number of methoxy groups -OCH3 is 2. The van der Waals surface area contributed by atoms with Gasteiger partial charge in [-0.2, -0.15) is 29.2 Å². The van der Waals surface area contributed by atoms with E-state index in [0.717, 1.165) is 11.1 Å². The number of ether oxygens (including phenoxy) is 2. The molecule has 6 aromatic rings. The first kappa shape index (κ1) is 37.1. The van der Waals surface area contributed by atoms with Gasteiger partial charge in [0.2, 0.25) is 0 Å². The van der Waals surface area contributed by atoms with Crippen LogP contribution in [-0.2, 0) is 22.6 Å². The average molecular weight is 703 g/mol. The topological polar surface area (TPSA) is 197 Å². The Morgan fingerprint density at radius 2 is 1.14 bits per heavy atom. The quantitative estimate of drug-likeness (QED) is 0.220. The first-order valence-electron chi connectivity index (χ1n) is 14.6. The summed E-state index contributed by atoms with van der Waals surface area (Å²) in [6.07, 6.45) is 2.45. The number of amides is 2. The highest BCUT2D eigenvalue weighted by Gasteiger charge is 2.20. The number of fused-ring (bicyclic) bond motifs is 2. The van der Waals surface area contributed by atoms with Gasteiger partial charge in [-0.05, 0) is 48.2 Å². The fourth-order valence-corrected chi connectivity index (χ4v) is 4.54. The van der Waals surface area contributed by atoms with Crippen LogP contribution in [0.4, 0.5) is 8.78 Å². The van der Waals surface area contributed by atoms with E-state index in [-0.39, 0.29) is 66.5 Å². The lowest BCUT2D eigenvalue weighted by atomic mass is 10.1. The Hall–Kier alpha value is -6.72. The van der Waals surface area contributed by atoms with Crippen molar-refractivity contribution in [2.75, 3.05) is 14.2 Å².